The third-order valence-corrected chi connectivity index (χ3v) is 3.75. The SMILES string of the molecule is CCc1ccccc1NC(=S)N(C)c1cccc(Cl)c1. The van der Waals surface area contributed by atoms with E-state index in [9.17, 15) is 0 Å². The maximum Gasteiger partial charge on any atom is 0.177 e. The van der Waals surface area contributed by atoms with Crippen LogP contribution in [0.2, 0.25) is 5.02 Å². The molecule has 0 aliphatic heterocycles. The maximum atomic E-state index is 6.01. The smallest absolute Gasteiger partial charge is 0.177 e. The first-order valence-electron chi connectivity index (χ1n) is 6.50. The molecule has 104 valence electrons. The highest BCUT2D eigenvalue weighted by Gasteiger charge is 2.09. The van der Waals surface area contributed by atoms with Gasteiger partial charge in [-0.25, -0.2) is 0 Å². The van der Waals surface area contributed by atoms with Gasteiger partial charge in [-0.3, -0.25) is 0 Å². The monoisotopic (exact) mass is 304 g/mol. The number of anilines is 2. The van der Waals surface area contributed by atoms with E-state index in [2.05, 4.69) is 18.3 Å². The van der Waals surface area contributed by atoms with Crippen LogP contribution in [0.1, 0.15) is 12.5 Å². The van der Waals surface area contributed by atoms with Gasteiger partial charge < -0.3 is 10.2 Å². The van der Waals surface area contributed by atoms with Crippen LogP contribution in [0.5, 0.6) is 0 Å². The molecular formula is C16H17ClN2S. The molecule has 2 aromatic carbocycles. The van der Waals surface area contributed by atoms with E-state index in [0.29, 0.717) is 10.1 Å². The highest BCUT2D eigenvalue weighted by atomic mass is 35.5. The zero-order valence-electron chi connectivity index (χ0n) is 11.6. The highest BCUT2D eigenvalue weighted by Crippen LogP contribution is 2.21. The molecule has 0 aliphatic rings. The Morgan fingerprint density at radius 1 is 1.20 bits per heavy atom. The first kappa shape index (κ1) is 14.8. The van der Waals surface area contributed by atoms with E-state index >= 15 is 0 Å². The molecule has 0 spiro atoms. The fraction of sp³-hybridized carbons (Fsp3) is 0.188. The van der Waals surface area contributed by atoms with Gasteiger partial charge in [-0.1, -0.05) is 42.8 Å². The average molecular weight is 305 g/mol. The van der Waals surface area contributed by atoms with Gasteiger partial charge in [0, 0.05) is 23.4 Å². The normalized spacial score (nSPS) is 10.2. The summed E-state index contributed by atoms with van der Waals surface area (Å²) < 4.78 is 0. The number of hydrogen-bond acceptors (Lipinski definition) is 1. The number of nitrogens with one attached hydrogen (secondary N) is 1. The lowest BCUT2D eigenvalue weighted by Gasteiger charge is -2.22. The van der Waals surface area contributed by atoms with Gasteiger partial charge in [0.25, 0.3) is 0 Å². The molecule has 2 aromatic rings. The Balaban J connectivity index is 2.15. The van der Waals surface area contributed by atoms with E-state index in [4.69, 9.17) is 23.8 Å². The Hall–Kier alpha value is -1.58. The van der Waals surface area contributed by atoms with Gasteiger partial charge in [0.05, 0.1) is 0 Å². The molecule has 2 nitrogen and oxygen atoms in total. The van der Waals surface area contributed by atoms with Crippen LogP contribution in [0.15, 0.2) is 48.5 Å². The summed E-state index contributed by atoms with van der Waals surface area (Å²) in [5.74, 6) is 0. The fourth-order valence-electron chi connectivity index (χ4n) is 1.95. The highest BCUT2D eigenvalue weighted by molar-refractivity contribution is 7.80. The maximum absolute atomic E-state index is 6.01. The van der Waals surface area contributed by atoms with Gasteiger partial charge in [0.2, 0.25) is 0 Å². The van der Waals surface area contributed by atoms with E-state index < -0.39 is 0 Å². The minimum absolute atomic E-state index is 0.646. The molecule has 0 aromatic heterocycles. The lowest BCUT2D eigenvalue weighted by molar-refractivity contribution is 1.14. The third kappa shape index (κ3) is 3.50. The number of halogens is 1. The second-order valence-corrected chi connectivity index (χ2v) is 5.30. The summed E-state index contributed by atoms with van der Waals surface area (Å²) in [7, 11) is 1.93. The zero-order valence-corrected chi connectivity index (χ0v) is 13.1. The predicted octanol–water partition coefficient (Wildman–Crippen LogP) is 4.74. The standard InChI is InChI=1S/C16H17ClN2S/c1-3-12-7-4-5-10-15(12)18-16(20)19(2)14-9-6-8-13(17)11-14/h4-11H,3H2,1-2H3,(H,18,20). The van der Waals surface area contributed by atoms with E-state index in [-0.39, 0.29) is 0 Å². The molecule has 0 radical (unpaired) electrons. The lowest BCUT2D eigenvalue weighted by atomic mass is 10.1. The number of rotatable bonds is 3. The summed E-state index contributed by atoms with van der Waals surface area (Å²) in [6.45, 7) is 2.13. The van der Waals surface area contributed by atoms with Crippen molar-refractivity contribution in [3.05, 3.63) is 59.1 Å². The Morgan fingerprint density at radius 2 is 1.95 bits per heavy atom. The molecule has 2 rings (SSSR count). The van der Waals surface area contributed by atoms with Crippen LogP contribution in [0.4, 0.5) is 11.4 Å². The Kier molecular flexibility index (Phi) is 4.99. The molecule has 4 heteroatoms. The molecule has 20 heavy (non-hydrogen) atoms. The van der Waals surface area contributed by atoms with Crippen LogP contribution >= 0.6 is 23.8 Å². The Morgan fingerprint density at radius 3 is 2.65 bits per heavy atom. The molecule has 1 N–H and O–H groups in total. The summed E-state index contributed by atoms with van der Waals surface area (Å²) in [6.07, 6.45) is 0.965. The van der Waals surface area contributed by atoms with Crippen molar-refractivity contribution >= 4 is 40.3 Å². The summed E-state index contributed by atoms with van der Waals surface area (Å²) in [5, 5.41) is 4.64. The first-order valence-corrected chi connectivity index (χ1v) is 7.28. The summed E-state index contributed by atoms with van der Waals surface area (Å²) in [5.41, 5.74) is 3.26. The van der Waals surface area contributed by atoms with Crippen molar-refractivity contribution in [2.24, 2.45) is 0 Å². The van der Waals surface area contributed by atoms with Crippen molar-refractivity contribution in [3.63, 3.8) is 0 Å². The Bertz CT molecular complexity index is 613. The van der Waals surface area contributed by atoms with Crippen molar-refractivity contribution in [2.75, 3.05) is 17.3 Å². The van der Waals surface area contributed by atoms with E-state index in [1.54, 1.807) is 0 Å². The summed E-state index contributed by atoms with van der Waals surface area (Å²) >= 11 is 11.5. The van der Waals surface area contributed by atoms with Crippen LogP contribution in [0.25, 0.3) is 0 Å². The number of benzene rings is 2. The third-order valence-electron chi connectivity index (χ3n) is 3.14. The quantitative estimate of drug-likeness (QED) is 0.825. The minimum atomic E-state index is 0.646. The number of nitrogens with zero attached hydrogens (tertiary/aromatic N) is 1. The van der Waals surface area contributed by atoms with Crippen molar-refractivity contribution in [2.45, 2.75) is 13.3 Å². The molecule has 0 unspecified atom stereocenters. The van der Waals surface area contributed by atoms with E-state index in [1.807, 2.05) is 54.4 Å². The van der Waals surface area contributed by atoms with Gasteiger partial charge in [-0.05, 0) is 48.5 Å². The predicted molar refractivity (Wildman–Crippen MR) is 91.9 cm³/mol. The van der Waals surface area contributed by atoms with Crippen LogP contribution < -0.4 is 10.2 Å². The van der Waals surface area contributed by atoms with Gasteiger partial charge in [0.1, 0.15) is 0 Å². The number of aryl methyl sites for hydroxylation is 1. The molecule has 0 aliphatic carbocycles. The van der Waals surface area contributed by atoms with Crippen LogP contribution in [0, 0.1) is 0 Å². The molecule has 0 heterocycles. The molecule has 0 saturated heterocycles. The van der Waals surface area contributed by atoms with Crippen molar-refractivity contribution in [3.8, 4) is 0 Å². The Labute approximate surface area is 130 Å². The van der Waals surface area contributed by atoms with Crippen molar-refractivity contribution < 1.29 is 0 Å². The van der Waals surface area contributed by atoms with Gasteiger partial charge >= 0.3 is 0 Å². The number of para-hydroxylation sites is 1. The van der Waals surface area contributed by atoms with Crippen molar-refractivity contribution in [1.29, 1.82) is 0 Å². The average Bonchev–Trinajstić information content (AvgIpc) is 2.47. The first-order chi connectivity index (χ1) is 9.61. The molecule has 0 saturated carbocycles. The van der Waals surface area contributed by atoms with Crippen LogP contribution in [-0.4, -0.2) is 12.2 Å². The second-order valence-electron chi connectivity index (χ2n) is 4.48. The zero-order chi connectivity index (χ0) is 14.5. The number of hydrogen-bond donors (Lipinski definition) is 1. The molecule has 0 amide bonds. The lowest BCUT2D eigenvalue weighted by Crippen LogP contribution is -2.31. The fourth-order valence-corrected chi connectivity index (χ4v) is 2.35. The molecule has 0 bridgehead atoms. The van der Waals surface area contributed by atoms with Gasteiger partial charge in [-0.2, -0.15) is 0 Å². The van der Waals surface area contributed by atoms with Crippen LogP contribution in [-0.2, 0) is 6.42 Å². The molecule has 0 fully saturated rings. The molecule has 0 atom stereocenters. The van der Waals surface area contributed by atoms with Gasteiger partial charge in [0.15, 0.2) is 5.11 Å². The topological polar surface area (TPSA) is 15.3 Å². The number of thiocarbonyl (C=S) groups is 1. The van der Waals surface area contributed by atoms with Gasteiger partial charge in [-0.15, -0.1) is 0 Å². The summed E-state index contributed by atoms with van der Waals surface area (Å²) in [4.78, 5) is 1.91. The van der Waals surface area contributed by atoms with E-state index in [1.165, 1.54) is 5.56 Å². The molecular weight excluding hydrogens is 288 g/mol. The summed E-state index contributed by atoms with van der Waals surface area (Å²) in [6, 6.07) is 15.8. The van der Waals surface area contributed by atoms with Crippen molar-refractivity contribution in [1.82, 2.24) is 0 Å². The van der Waals surface area contributed by atoms with E-state index in [0.717, 1.165) is 17.8 Å². The minimum Gasteiger partial charge on any atom is -0.332 e. The second kappa shape index (κ2) is 6.73. The van der Waals surface area contributed by atoms with Crippen LogP contribution in [0.3, 0.4) is 0 Å². The largest absolute Gasteiger partial charge is 0.332 e.